The summed E-state index contributed by atoms with van der Waals surface area (Å²) in [5.74, 6) is -0.388. The maximum Gasteiger partial charge on any atom is 0.274 e. The molecule has 176 valence electrons. The Morgan fingerprint density at radius 2 is 1.85 bits per heavy atom. The van der Waals surface area contributed by atoms with Gasteiger partial charge in [-0.2, -0.15) is 0 Å². The predicted octanol–water partition coefficient (Wildman–Crippen LogP) is 4.62. The smallest absolute Gasteiger partial charge is 0.274 e. The zero-order valence-corrected chi connectivity index (χ0v) is 20.0. The lowest BCUT2D eigenvalue weighted by Gasteiger charge is -2.23. The van der Waals surface area contributed by atoms with Crippen LogP contribution in [0.1, 0.15) is 25.3 Å². The number of halogens is 1. The highest BCUT2D eigenvalue weighted by Gasteiger charge is 2.29. The average Bonchev–Trinajstić information content (AvgIpc) is 3.36. The Labute approximate surface area is 198 Å². The summed E-state index contributed by atoms with van der Waals surface area (Å²) in [6.07, 6.45) is 2.26. The van der Waals surface area contributed by atoms with Crippen LogP contribution in [0.2, 0.25) is 0 Å². The molecule has 0 radical (unpaired) electrons. The number of anilines is 1. The molecule has 0 atom stereocenters. The van der Waals surface area contributed by atoms with Crippen LogP contribution in [-0.2, 0) is 21.2 Å². The molecule has 0 aliphatic heterocycles. The summed E-state index contributed by atoms with van der Waals surface area (Å²) in [4.78, 5) is 12.6. The van der Waals surface area contributed by atoms with E-state index in [1.54, 1.807) is 11.4 Å². The van der Waals surface area contributed by atoms with Crippen LogP contribution in [0.5, 0.6) is 5.75 Å². The summed E-state index contributed by atoms with van der Waals surface area (Å²) < 4.78 is 47.2. The first-order chi connectivity index (χ1) is 15.9. The van der Waals surface area contributed by atoms with Gasteiger partial charge in [0.2, 0.25) is 5.91 Å². The van der Waals surface area contributed by atoms with Gasteiger partial charge in [0.25, 0.3) is 10.0 Å². The molecular formula is C24H27FN2O4S2. The van der Waals surface area contributed by atoms with Gasteiger partial charge >= 0.3 is 0 Å². The molecule has 0 aliphatic rings. The van der Waals surface area contributed by atoms with E-state index < -0.39 is 28.3 Å². The Morgan fingerprint density at radius 3 is 2.58 bits per heavy atom. The largest absolute Gasteiger partial charge is 0.493 e. The Morgan fingerprint density at radius 1 is 1.09 bits per heavy atom. The molecule has 0 saturated carbocycles. The van der Waals surface area contributed by atoms with E-state index in [0.29, 0.717) is 26.0 Å². The fraction of sp³-hybridized carbons (Fsp3) is 0.292. The normalized spacial score (nSPS) is 11.2. The Kier molecular flexibility index (Phi) is 8.85. The van der Waals surface area contributed by atoms with Crippen LogP contribution >= 0.6 is 11.3 Å². The topological polar surface area (TPSA) is 75.7 Å². The van der Waals surface area contributed by atoms with Crippen molar-refractivity contribution in [2.45, 2.75) is 30.4 Å². The molecule has 0 saturated heterocycles. The minimum absolute atomic E-state index is 0.0437. The number of benzene rings is 2. The number of sulfonamides is 1. The fourth-order valence-electron chi connectivity index (χ4n) is 3.23. The molecule has 9 heteroatoms. The third-order valence-corrected chi connectivity index (χ3v) is 7.96. The first-order valence-corrected chi connectivity index (χ1v) is 13.0. The first-order valence-electron chi connectivity index (χ1n) is 10.7. The number of carbonyl (C=O) groups excluding carboxylic acids is 1. The van der Waals surface area contributed by atoms with Gasteiger partial charge in [0.05, 0.1) is 12.3 Å². The van der Waals surface area contributed by atoms with Gasteiger partial charge in [-0.05, 0) is 54.5 Å². The van der Waals surface area contributed by atoms with Crippen LogP contribution in [0.3, 0.4) is 0 Å². The zero-order valence-electron chi connectivity index (χ0n) is 18.4. The maximum absolute atomic E-state index is 14.4. The summed E-state index contributed by atoms with van der Waals surface area (Å²) >= 11 is 1.02. The number of aryl methyl sites for hydroxylation is 1. The van der Waals surface area contributed by atoms with Crippen LogP contribution in [-0.4, -0.2) is 34.0 Å². The monoisotopic (exact) mass is 490 g/mol. The van der Waals surface area contributed by atoms with E-state index in [2.05, 4.69) is 5.32 Å². The number of hydrogen-bond donors (Lipinski definition) is 1. The van der Waals surface area contributed by atoms with E-state index in [1.807, 2.05) is 31.2 Å². The van der Waals surface area contributed by atoms with E-state index in [-0.39, 0.29) is 9.90 Å². The third-order valence-electron chi connectivity index (χ3n) is 4.83. The van der Waals surface area contributed by atoms with Crippen molar-refractivity contribution >= 4 is 33.0 Å². The second-order valence-corrected chi connectivity index (χ2v) is 10.3. The quantitative estimate of drug-likeness (QED) is 0.376. The highest BCUT2D eigenvalue weighted by atomic mass is 32.2. The summed E-state index contributed by atoms with van der Waals surface area (Å²) in [5, 5.41) is 4.37. The molecule has 0 aliphatic carbocycles. The number of nitrogens with zero attached hydrogens (tertiary/aromatic N) is 1. The summed E-state index contributed by atoms with van der Waals surface area (Å²) in [6, 6.07) is 16.3. The zero-order chi connectivity index (χ0) is 23.7. The molecule has 1 heterocycles. The first kappa shape index (κ1) is 24.7. The van der Waals surface area contributed by atoms with Crippen molar-refractivity contribution in [3.05, 3.63) is 77.4 Å². The van der Waals surface area contributed by atoms with Gasteiger partial charge in [-0.3, -0.25) is 9.10 Å². The summed E-state index contributed by atoms with van der Waals surface area (Å²) in [7, 11) is -4.08. The molecule has 0 unspecified atom stereocenters. The molecule has 0 fully saturated rings. The Bertz CT molecular complexity index is 1150. The number of hydrogen-bond acceptors (Lipinski definition) is 5. The predicted molar refractivity (Wildman–Crippen MR) is 129 cm³/mol. The summed E-state index contributed by atoms with van der Waals surface area (Å²) in [5.41, 5.74) is 0.886. The molecule has 3 rings (SSSR count). The van der Waals surface area contributed by atoms with Crippen LogP contribution in [0, 0.1) is 5.82 Å². The number of rotatable bonds is 12. The highest BCUT2D eigenvalue weighted by molar-refractivity contribution is 7.94. The van der Waals surface area contributed by atoms with Crippen molar-refractivity contribution in [2.24, 2.45) is 0 Å². The fourth-order valence-corrected chi connectivity index (χ4v) is 5.76. The molecule has 1 N–H and O–H groups in total. The molecule has 1 amide bonds. The average molecular weight is 491 g/mol. The van der Waals surface area contributed by atoms with Gasteiger partial charge in [-0.1, -0.05) is 43.3 Å². The van der Waals surface area contributed by atoms with E-state index in [0.717, 1.165) is 33.4 Å². The lowest BCUT2D eigenvalue weighted by atomic mass is 10.1. The van der Waals surface area contributed by atoms with Crippen molar-refractivity contribution in [1.82, 2.24) is 5.32 Å². The SMILES string of the molecule is CCCOc1ccccc1CCCNC(=O)CN(c1ccccc1F)S(=O)(=O)c1cccs1. The second-order valence-electron chi connectivity index (χ2n) is 7.30. The van der Waals surface area contributed by atoms with Gasteiger partial charge in [0, 0.05) is 6.54 Å². The minimum atomic E-state index is -4.08. The van der Waals surface area contributed by atoms with Gasteiger partial charge in [-0.15, -0.1) is 11.3 Å². The number of nitrogens with one attached hydrogen (secondary N) is 1. The van der Waals surface area contributed by atoms with Gasteiger partial charge in [0.15, 0.2) is 0 Å². The van der Waals surface area contributed by atoms with Crippen LogP contribution in [0.15, 0.2) is 70.3 Å². The number of thiophene rings is 1. The molecule has 2 aromatic carbocycles. The summed E-state index contributed by atoms with van der Waals surface area (Å²) in [6.45, 7) is 2.52. The van der Waals surface area contributed by atoms with Crippen molar-refractivity contribution in [2.75, 3.05) is 24.0 Å². The van der Waals surface area contributed by atoms with Gasteiger partial charge < -0.3 is 10.1 Å². The molecule has 33 heavy (non-hydrogen) atoms. The van der Waals surface area contributed by atoms with Crippen LogP contribution in [0.4, 0.5) is 10.1 Å². The molecule has 3 aromatic rings. The van der Waals surface area contributed by atoms with Crippen molar-refractivity contribution < 1.29 is 22.3 Å². The van der Waals surface area contributed by atoms with Crippen molar-refractivity contribution in [3.63, 3.8) is 0 Å². The number of carbonyl (C=O) groups is 1. The Hall–Kier alpha value is -2.91. The van der Waals surface area contributed by atoms with Crippen LogP contribution < -0.4 is 14.4 Å². The number of ether oxygens (including phenoxy) is 1. The molecule has 6 nitrogen and oxygen atoms in total. The molecule has 1 aromatic heterocycles. The Balaban J connectivity index is 1.64. The van der Waals surface area contributed by atoms with E-state index in [4.69, 9.17) is 4.74 Å². The van der Waals surface area contributed by atoms with Gasteiger partial charge in [-0.25, -0.2) is 12.8 Å². The van der Waals surface area contributed by atoms with E-state index in [9.17, 15) is 17.6 Å². The highest BCUT2D eigenvalue weighted by Crippen LogP contribution is 2.28. The van der Waals surface area contributed by atoms with Crippen LogP contribution in [0.25, 0.3) is 0 Å². The molecular weight excluding hydrogens is 463 g/mol. The molecule has 0 bridgehead atoms. The van der Waals surface area contributed by atoms with E-state index in [1.165, 1.54) is 30.3 Å². The molecule has 0 spiro atoms. The lowest BCUT2D eigenvalue weighted by molar-refractivity contribution is -0.119. The number of para-hydroxylation sites is 2. The number of amides is 1. The standard InChI is InChI=1S/C24H27FN2O4S2/c1-2-16-31-22-13-6-3-9-19(22)10-7-15-26-23(28)18-27(21-12-5-4-11-20(21)25)33(29,30)24-14-8-17-32-24/h3-6,8-9,11-14,17H,2,7,10,15-16,18H2,1H3,(H,26,28). The van der Waals surface area contributed by atoms with Gasteiger partial charge in [0.1, 0.15) is 22.3 Å². The van der Waals surface area contributed by atoms with E-state index >= 15 is 0 Å². The lowest BCUT2D eigenvalue weighted by Crippen LogP contribution is -2.41. The van der Waals surface area contributed by atoms with Crippen molar-refractivity contribution in [1.29, 1.82) is 0 Å². The van der Waals surface area contributed by atoms with Crippen molar-refractivity contribution in [3.8, 4) is 5.75 Å². The minimum Gasteiger partial charge on any atom is -0.493 e. The third kappa shape index (κ3) is 6.55. The maximum atomic E-state index is 14.4. The second kappa shape index (κ2) is 11.8.